The van der Waals surface area contributed by atoms with Crippen LogP contribution in [0, 0.1) is 6.92 Å². The molecule has 0 bridgehead atoms. The highest BCUT2D eigenvalue weighted by atomic mass is 35.5. The van der Waals surface area contributed by atoms with Gasteiger partial charge in [0.25, 0.3) is 0 Å². The van der Waals surface area contributed by atoms with E-state index in [1.807, 2.05) is 20.8 Å². The van der Waals surface area contributed by atoms with E-state index in [2.05, 4.69) is 19.9 Å². The van der Waals surface area contributed by atoms with Gasteiger partial charge in [0.15, 0.2) is 0 Å². The zero-order valence-electron chi connectivity index (χ0n) is 10.6. The summed E-state index contributed by atoms with van der Waals surface area (Å²) < 4.78 is 0. The highest BCUT2D eigenvalue weighted by Gasteiger charge is 1.86. The van der Waals surface area contributed by atoms with Gasteiger partial charge in [0.2, 0.25) is 0 Å². The molecule has 7 heteroatoms. The fourth-order valence-electron chi connectivity index (χ4n) is 0.839. The summed E-state index contributed by atoms with van der Waals surface area (Å²) in [7, 11) is 0. The molecule has 4 N–H and O–H groups in total. The van der Waals surface area contributed by atoms with E-state index >= 15 is 0 Å². The first-order valence-electron chi connectivity index (χ1n) is 5.35. The van der Waals surface area contributed by atoms with Crippen molar-refractivity contribution in [2.75, 3.05) is 11.5 Å². The quantitative estimate of drug-likeness (QED) is 0.758. The lowest BCUT2D eigenvalue weighted by Gasteiger charge is -1.89. The number of nitrogen functional groups attached to an aromatic ring is 2. The Morgan fingerprint density at radius 2 is 1.39 bits per heavy atom. The number of nitrogens with zero attached hydrogens (tertiary/aromatic N) is 4. The molecule has 0 unspecified atom stereocenters. The van der Waals surface area contributed by atoms with Crippen molar-refractivity contribution in [3.63, 3.8) is 0 Å². The summed E-state index contributed by atoms with van der Waals surface area (Å²) in [6, 6.07) is 0. The predicted octanol–water partition coefficient (Wildman–Crippen LogP) is 2.11. The third kappa shape index (κ3) is 7.34. The van der Waals surface area contributed by atoms with Crippen LogP contribution in [-0.4, -0.2) is 19.9 Å². The van der Waals surface area contributed by atoms with Crippen molar-refractivity contribution < 1.29 is 0 Å². The maximum absolute atomic E-state index is 5.39. The van der Waals surface area contributed by atoms with Gasteiger partial charge in [-0.05, 0) is 6.92 Å². The van der Waals surface area contributed by atoms with E-state index in [-0.39, 0.29) is 0 Å². The van der Waals surface area contributed by atoms with E-state index in [0.29, 0.717) is 16.8 Å². The van der Waals surface area contributed by atoms with Crippen LogP contribution in [0.1, 0.15) is 19.5 Å². The van der Waals surface area contributed by atoms with Crippen LogP contribution in [0.3, 0.4) is 0 Å². The average Bonchev–Trinajstić information content (AvgIpc) is 2.31. The first-order chi connectivity index (χ1) is 8.58. The summed E-state index contributed by atoms with van der Waals surface area (Å²) >= 11 is 5.39. The molecule has 0 fully saturated rings. The van der Waals surface area contributed by atoms with Gasteiger partial charge in [-0.15, -0.1) is 0 Å². The maximum atomic E-state index is 5.39. The number of halogens is 1. The Morgan fingerprint density at radius 1 is 0.889 bits per heavy atom. The molecule has 6 nitrogen and oxygen atoms in total. The molecular weight excluding hydrogens is 252 g/mol. The first-order valence-corrected chi connectivity index (χ1v) is 5.73. The number of hydrogen-bond acceptors (Lipinski definition) is 6. The molecule has 0 aliphatic heterocycles. The molecule has 0 atom stereocenters. The number of aromatic nitrogens is 4. The van der Waals surface area contributed by atoms with Gasteiger partial charge >= 0.3 is 0 Å². The van der Waals surface area contributed by atoms with E-state index in [1.54, 1.807) is 6.20 Å². The number of anilines is 2. The lowest BCUT2D eigenvalue weighted by molar-refractivity contribution is 1.13. The molecule has 2 rings (SSSR count). The SMILES string of the molecule is CC.Cc1cncc(N)n1.Nc1cncc(Cl)n1. The lowest BCUT2D eigenvalue weighted by atomic mass is 10.5. The zero-order chi connectivity index (χ0) is 14.0. The Bertz CT molecular complexity index is 385. The topological polar surface area (TPSA) is 104 Å². The second-order valence-electron chi connectivity index (χ2n) is 2.85. The van der Waals surface area contributed by atoms with E-state index < -0.39 is 0 Å². The second kappa shape index (κ2) is 9.12. The van der Waals surface area contributed by atoms with Crippen LogP contribution >= 0.6 is 11.6 Å². The highest BCUT2D eigenvalue weighted by molar-refractivity contribution is 6.29. The van der Waals surface area contributed by atoms with Crippen molar-refractivity contribution in [3.8, 4) is 0 Å². The zero-order valence-corrected chi connectivity index (χ0v) is 11.4. The second-order valence-corrected chi connectivity index (χ2v) is 3.24. The number of nitrogens with two attached hydrogens (primary N) is 2. The van der Waals surface area contributed by atoms with Crippen LogP contribution in [0.2, 0.25) is 5.15 Å². The smallest absolute Gasteiger partial charge is 0.149 e. The van der Waals surface area contributed by atoms with Gasteiger partial charge in [-0.1, -0.05) is 25.4 Å². The fourth-order valence-corrected chi connectivity index (χ4v) is 0.993. The van der Waals surface area contributed by atoms with Crippen molar-refractivity contribution in [2.45, 2.75) is 20.8 Å². The van der Waals surface area contributed by atoms with Crippen LogP contribution in [0.4, 0.5) is 11.6 Å². The van der Waals surface area contributed by atoms with Crippen LogP contribution < -0.4 is 11.5 Å². The molecule has 98 valence electrons. The van der Waals surface area contributed by atoms with Crippen molar-refractivity contribution >= 4 is 23.2 Å². The summed E-state index contributed by atoms with van der Waals surface area (Å²) in [5.74, 6) is 0.822. The number of hydrogen-bond donors (Lipinski definition) is 2. The number of aryl methyl sites for hydroxylation is 1. The molecular formula is C11H17ClN6. The molecule has 0 amide bonds. The van der Waals surface area contributed by atoms with E-state index in [1.165, 1.54) is 18.6 Å². The van der Waals surface area contributed by atoms with E-state index in [0.717, 1.165) is 5.69 Å². The third-order valence-electron chi connectivity index (χ3n) is 1.40. The van der Waals surface area contributed by atoms with E-state index in [9.17, 15) is 0 Å². The van der Waals surface area contributed by atoms with Gasteiger partial charge in [0.05, 0.1) is 24.3 Å². The fraction of sp³-hybridized carbons (Fsp3) is 0.273. The third-order valence-corrected chi connectivity index (χ3v) is 1.58. The van der Waals surface area contributed by atoms with Crippen molar-refractivity contribution in [1.82, 2.24) is 19.9 Å². The molecule has 0 aliphatic rings. The Labute approximate surface area is 111 Å². The Balaban J connectivity index is 0.000000283. The summed E-state index contributed by atoms with van der Waals surface area (Å²) in [6.07, 6.45) is 6.05. The van der Waals surface area contributed by atoms with Gasteiger partial charge < -0.3 is 11.5 Å². The number of rotatable bonds is 0. The van der Waals surface area contributed by atoms with Gasteiger partial charge in [-0.2, -0.15) is 0 Å². The van der Waals surface area contributed by atoms with Crippen molar-refractivity contribution in [3.05, 3.63) is 35.6 Å². The molecule has 18 heavy (non-hydrogen) atoms. The van der Waals surface area contributed by atoms with Crippen LogP contribution in [0.25, 0.3) is 0 Å². The highest BCUT2D eigenvalue weighted by Crippen LogP contribution is 2.01. The Morgan fingerprint density at radius 3 is 1.67 bits per heavy atom. The van der Waals surface area contributed by atoms with E-state index in [4.69, 9.17) is 23.1 Å². The maximum Gasteiger partial charge on any atom is 0.149 e. The van der Waals surface area contributed by atoms with Crippen molar-refractivity contribution in [2.24, 2.45) is 0 Å². The van der Waals surface area contributed by atoms with Gasteiger partial charge in [0, 0.05) is 6.20 Å². The molecule has 2 aromatic heterocycles. The molecule has 2 heterocycles. The molecule has 0 saturated heterocycles. The predicted molar refractivity (Wildman–Crippen MR) is 74.0 cm³/mol. The average molecular weight is 269 g/mol. The Kier molecular flexibility index (Phi) is 8.13. The minimum absolute atomic E-state index is 0.324. The largest absolute Gasteiger partial charge is 0.382 e. The lowest BCUT2D eigenvalue weighted by Crippen LogP contribution is -1.91. The molecule has 2 aromatic rings. The van der Waals surface area contributed by atoms with Crippen LogP contribution in [-0.2, 0) is 0 Å². The molecule has 0 aliphatic carbocycles. The Hall–Kier alpha value is -1.95. The minimum atomic E-state index is 0.324. The van der Waals surface area contributed by atoms with Crippen LogP contribution in [0.5, 0.6) is 0 Å². The molecule has 0 radical (unpaired) electrons. The normalized spacial score (nSPS) is 8.44. The van der Waals surface area contributed by atoms with Gasteiger partial charge in [0.1, 0.15) is 16.8 Å². The van der Waals surface area contributed by atoms with Gasteiger partial charge in [-0.3, -0.25) is 9.97 Å². The molecule has 0 spiro atoms. The summed E-state index contributed by atoms with van der Waals surface area (Å²) in [6.45, 7) is 5.85. The standard InChI is InChI=1S/C5H7N3.C4H4ClN3.C2H6/c1-4-2-7-3-5(6)8-4;5-3-1-7-2-4(6)8-3;1-2/h2-3H,1H3,(H2,6,8);1-2H,(H2,6,8);1-2H3. The minimum Gasteiger partial charge on any atom is -0.382 e. The summed E-state index contributed by atoms with van der Waals surface area (Å²) in [5.41, 5.74) is 11.3. The summed E-state index contributed by atoms with van der Waals surface area (Å²) in [5, 5.41) is 0.324. The molecule has 0 saturated carbocycles. The molecule has 0 aromatic carbocycles. The monoisotopic (exact) mass is 268 g/mol. The van der Waals surface area contributed by atoms with Crippen LogP contribution in [0.15, 0.2) is 24.8 Å². The first kappa shape index (κ1) is 16.1. The van der Waals surface area contributed by atoms with Crippen molar-refractivity contribution in [1.29, 1.82) is 0 Å². The van der Waals surface area contributed by atoms with Gasteiger partial charge in [-0.25, -0.2) is 9.97 Å². The summed E-state index contributed by atoms with van der Waals surface area (Å²) in [4.78, 5) is 15.0.